The van der Waals surface area contributed by atoms with Gasteiger partial charge in [0.05, 0.1) is 4.92 Å². The van der Waals surface area contributed by atoms with Crippen LogP contribution in [0.1, 0.15) is 9.67 Å². The van der Waals surface area contributed by atoms with E-state index in [4.69, 9.17) is 11.6 Å². The van der Waals surface area contributed by atoms with Gasteiger partial charge in [0.1, 0.15) is 4.88 Å². The third-order valence-corrected chi connectivity index (χ3v) is 4.07. The zero-order valence-corrected chi connectivity index (χ0v) is 12.9. The molecule has 2 rings (SSSR count). The van der Waals surface area contributed by atoms with E-state index in [1.165, 1.54) is 6.07 Å². The van der Waals surface area contributed by atoms with Gasteiger partial charge < -0.3 is 10.2 Å². The van der Waals surface area contributed by atoms with E-state index in [0.29, 0.717) is 5.69 Å². The minimum Gasteiger partial charge on any atom is -0.378 e. The predicted octanol–water partition coefficient (Wildman–Crippen LogP) is 3.63. The molecule has 110 valence electrons. The second kappa shape index (κ2) is 6.11. The fourth-order valence-electron chi connectivity index (χ4n) is 1.63. The number of anilines is 2. The Morgan fingerprint density at radius 1 is 1.33 bits per heavy atom. The van der Waals surface area contributed by atoms with E-state index in [-0.39, 0.29) is 14.9 Å². The predicted molar refractivity (Wildman–Crippen MR) is 84.7 cm³/mol. The van der Waals surface area contributed by atoms with Gasteiger partial charge in [-0.2, -0.15) is 0 Å². The lowest BCUT2D eigenvalue weighted by Crippen LogP contribution is -2.11. The van der Waals surface area contributed by atoms with Crippen LogP contribution in [0.4, 0.5) is 17.1 Å². The normalized spacial score (nSPS) is 10.2. The number of benzene rings is 1. The summed E-state index contributed by atoms with van der Waals surface area (Å²) in [5.74, 6) is -0.424. The van der Waals surface area contributed by atoms with Gasteiger partial charge >= 0.3 is 0 Å². The molecule has 1 N–H and O–H groups in total. The summed E-state index contributed by atoms with van der Waals surface area (Å²) in [6.07, 6.45) is 0. The number of carbonyl (C=O) groups excluding carboxylic acids is 1. The first-order valence-electron chi connectivity index (χ1n) is 5.91. The van der Waals surface area contributed by atoms with E-state index >= 15 is 0 Å². The molecule has 0 spiro atoms. The van der Waals surface area contributed by atoms with E-state index in [0.717, 1.165) is 17.0 Å². The van der Waals surface area contributed by atoms with Crippen LogP contribution < -0.4 is 10.2 Å². The topological polar surface area (TPSA) is 75.5 Å². The Kier molecular flexibility index (Phi) is 4.44. The molecule has 8 heteroatoms. The molecule has 0 aliphatic heterocycles. The Hall–Kier alpha value is -2.12. The summed E-state index contributed by atoms with van der Waals surface area (Å²) in [4.78, 5) is 24.3. The van der Waals surface area contributed by atoms with Crippen molar-refractivity contribution in [2.45, 2.75) is 0 Å². The van der Waals surface area contributed by atoms with Crippen molar-refractivity contribution >= 4 is 45.9 Å². The van der Waals surface area contributed by atoms with E-state index in [9.17, 15) is 14.9 Å². The number of nitro groups is 1. The zero-order valence-electron chi connectivity index (χ0n) is 11.3. The first-order chi connectivity index (χ1) is 9.88. The van der Waals surface area contributed by atoms with Crippen molar-refractivity contribution in [3.05, 3.63) is 49.7 Å². The maximum absolute atomic E-state index is 12.0. The van der Waals surface area contributed by atoms with Gasteiger partial charge in [0.15, 0.2) is 4.34 Å². The summed E-state index contributed by atoms with van der Waals surface area (Å²) in [6, 6.07) is 8.42. The van der Waals surface area contributed by atoms with Crippen LogP contribution in [0.5, 0.6) is 0 Å². The molecule has 0 bridgehead atoms. The van der Waals surface area contributed by atoms with Gasteiger partial charge in [-0.05, 0) is 24.3 Å². The number of rotatable bonds is 4. The molecule has 1 heterocycles. The zero-order chi connectivity index (χ0) is 15.6. The number of halogens is 1. The van der Waals surface area contributed by atoms with Gasteiger partial charge in [-0.1, -0.05) is 11.6 Å². The average Bonchev–Trinajstić information content (AvgIpc) is 2.81. The first-order valence-corrected chi connectivity index (χ1v) is 7.10. The molecule has 21 heavy (non-hydrogen) atoms. The van der Waals surface area contributed by atoms with Crippen LogP contribution in [0.25, 0.3) is 0 Å². The van der Waals surface area contributed by atoms with E-state index in [1.54, 1.807) is 12.1 Å². The molecule has 1 aromatic carbocycles. The molecule has 6 nitrogen and oxygen atoms in total. The fourth-order valence-corrected chi connectivity index (χ4v) is 2.75. The van der Waals surface area contributed by atoms with Crippen molar-refractivity contribution in [3.63, 3.8) is 0 Å². The first kappa shape index (κ1) is 15.3. The van der Waals surface area contributed by atoms with Gasteiger partial charge in [0, 0.05) is 31.5 Å². The summed E-state index contributed by atoms with van der Waals surface area (Å²) in [5.41, 5.74) is 1.36. The number of nitrogens with one attached hydrogen (secondary N) is 1. The molecular weight excluding hydrogens is 314 g/mol. The van der Waals surface area contributed by atoms with Gasteiger partial charge in [0.25, 0.3) is 11.6 Å². The number of carbonyl (C=O) groups is 1. The Bertz CT molecular complexity index is 682. The SMILES string of the molecule is CN(C)c1ccc(NC(=O)c2cc([N+](=O)[O-])c(Cl)s2)cc1. The van der Waals surface area contributed by atoms with E-state index in [1.807, 2.05) is 31.1 Å². The fraction of sp³-hybridized carbons (Fsp3) is 0.154. The smallest absolute Gasteiger partial charge is 0.299 e. The second-order valence-corrected chi connectivity index (χ2v) is 6.08. The van der Waals surface area contributed by atoms with Crippen LogP contribution in [0.2, 0.25) is 4.34 Å². The minimum absolute atomic E-state index is 0.00638. The monoisotopic (exact) mass is 325 g/mol. The van der Waals surface area contributed by atoms with Crippen LogP contribution in [0.3, 0.4) is 0 Å². The molecular formula is C13H12ClN3O3S. The van der Waals surface area contributed by atoms with Crippen LogP contribution in [-0.2, 0) is 0 Å². The molecule has 2 aromatic rings. The highest BCUT2D eigenvalue weighted by molar-refractivity contribution is 7.18. The van der Waals surface area contributed by atoms with Crippen LogP contribution in [0, 0.1) is 10.1 Å². The number of thiophene rings is 1. The van der Waals surface area contributed by atoms with Crippen molar-refractivity contribution < 1.29 is 9.72 Å². The summed E-state index contributed by atoms with van der Waals surface area (Å²) in [5, 5.41) is 13.4. The highest BCUT2D eigenvalue weighted by Gasteiger charge is 2.21. The van der Waals surface area contributed by atoms with Gasteiger partial charge in [-0.3, -0.25) is 14.9 Å². The maximum atomic E-state index is 12.0. The number of hydrogen-bond acceptors (Lipinski definition) is 5. The second-order valence-electron chi connectivity index (χ2n) is 4.42. The molecule has 0 saturated carbocycles. The van der Waals surface area contributed by atoms with Crippen molar-refractivity contribution in [1.82, 2.24) is 0 Å². The summed E-state index contributed by atoms with van der Waals surface area (Å²) >= 11 is 6.62. The van der Waals surface area contributed by atoms with Crippen molar-refractivity contribution in [2.24, 2.45) is 0 Å². The lowest BCUT2D eigenvalue weighted by Gasteiger charge is -2.12. The highest BCUT2D eigenvalue weighted by Crippen LogP contribution is 2.34. The summed E-state index contributed by atoms with van der Waals surface area (Å²) < 4.78 is -0.00638. The number of nitrogens with zero attached hydrogens (tertiary/aromatic N) is 2. The largest absolute Gasteiger partial charge is 0.378 e. The third kappa shape index (κ3) is 3.50. The molecule has 0 radical (unpaired) electrons. The molecule has 1 amide bonds. The number of amides is 1. The van der Waals surface area contributed by atoms with Crippen LogP contribution in [-0.4, -0.2) is 24.9 Å². The Morgan fingerprint density at radius 2 is 1.95 bits per heavy atom. The molecule has 0 unspecified atom stereocenters. The third-order valence-electron chi connectivity index (χ3n) is 2.73. The molecule has 1 aromatic heterocycles. The van der Waals surface area contributed by atoms with Gasteiger partial charge in [-0.15, -0.1) is 11.3 Å². The molecule has 0 atom stereocenters. The Labute approximate surface area is 130 Å². The standard InChI is InChI=1S/C13H12ClN3O3S/c1-16(2)9-5-3-8(4-6-9)15-13(18)11-7-10(17(19)20)12(14)21-11/h3-7H,1-2H3,(H,15,18). The molecule has 0 fully saturated rings. The quantitative estimate of drug-likeness (QED) is 0.688. The molecule has 0 aliphatic rings. The number of hydrogen-bond donors (Lipinski definition) is 1. The minimum atomic E-state index is -0.610. The van der Waals surface area contributed by atoms with Gasteiger partial charge in [-0.25, -0.2) is 0 Å². The van der Waals surface area contributed by atoms with Crippen molar-refractivity contribution in [2.75, 3.05) is 24.3 Å². The lowest BCUT2D eigenvalue weighted by atomic mass is 10.2. The highest BCUT2D eigenvalue weighted by atomic mass is 35.5. The average molecular weight is 326 g/mol. The van der Waals surface area contributed by atoms with Gasteiger partial charge in [0.2, 0.25) is 0 Å². The maximum Gasteiger partial charge on any atom is 0.299 e. The van der Waals surface area contributed by atoms with Crippen LogP contribution in [0.15, 0.2) is 30.3 Å². The van der Waals surface area contributed by atoms with E-state index in [2.05, 4.69) is 5.32 Å². The van der Waals surface area contributed by atoms with E-state index < -0.39 is 10.8 Å². The molecule has 0 aliphatic carbocycles. The Balaban J connectivity index is 2.14. The van der Waals surface area contributed by atoms with Crippen LogP contribution >= 0.6 is 22.9 Å². The summed E-state index contributed by atoms with van der Waals surface area (Å²) in [6.45, 7) is 0. The summed E-state index contributed by atoms with van der Waals surface area (Å²) in [7, 11) is 3.83. The lowest BCUT2D eigenvalue weighted by molar-refractivity contribution is -0.384. The molecule has 0 saturated heterocycles. The van der Waals surface area contributed by atoms with Crippen molar-refractivity contribution in [3.8, 4) is 0 Å². The Morgan fingerprint density at radius 3 is 2.43 bits per heavy atom. The van der Waals surface area contributed by atoms with Crippen molar-refractivity contribution in [1.29, 1.82) is 0 Å².